The van der Waals surface area contributed by atoms with Gasteiger partial charge in [-0.15, -0.1) is 0 Å². The molecule has 1 heterocycles. The third-order valence-corrected chi connectivity index (χ3v) is 7.19. The Morgan fingerprint density at radius 3 is 2.49 bits per heavy atom. The zero-order chi connectivity index (χ0) is 26.0. The minimum absolute atomic E-state index is 0.0236. The highest BCUT2D eigenvalue weighted by Crippen LogP contribution is 2.27. The van der Waals surface area contributed by atoms with E-state index >= 15 is 0 Å². The van der Waals surface area contributed by atoms with Crippen LogP contribution in [0.15, 0.2) is 54.7 Å². The number of hydrogen-bond acceptors (Lipinski definition) is 4. The van der Waals surface area contributed by atoms with Crippen molar-refractivity contribution in [2.24, 2.45) is 5.92 Å². The average Bonchev–Trinajstić information content (AvgIpc) is 3.60. The second-order valence-electron chi connectivity index (χ2n) is 9.74. The van der Waals surface area contributed by atoms with Gasteiger partial charge >= 0.3 is 0 Å². The van der Waals surface area contributed by atoms with Gasteiger partial charge in [0.05, 0.1) is 19.8 Å². The van der Waals surface area contributed by atoms with Crippen molar-refractivity contribution in [3.05, 3.63) is 65.9 Å². The minimum Gasteiger partial charge on any atom is -0.494 e. The Morgan fingerprint density at radius 2 is 1.76 bits per heavy atom. The number of rotatable bonds is 13. The Morgan fingerprint density at radius 1 is 1.00 bits per heavy atom. The summed E-state index contributed by atoms with van der Waals surface area (Å²) < 4.78 is 10.8. The summed E-state index contributed by atoms with van der Waals surface area (Å²) in [5.41, 5.74) is 3.30. The number of aromatic nitrogens is 1. The van der Waals surface area contributed by atoms with E-state index in [2.05, 4.69) is 17.1 Å². The van der Waals surface area contributed by atoms with Gasteiger partial charge < -0.3 is 24.3 Å². The summed E-state index contributed by atoms with van der Waals surface area (Å²) in [7, 11) is 1.62. The van der Waals surface area contributed by atoms with Gasteiger partial charge in [0.15, 0.2) is 0 Å². The van der Waals surface area contributed by atoms with Gasteiger partial charge in [0, 0.05) is 49.8 Å². The van der Waals surface area contributed by atoms with Gasteiger partial charge in [-0.3, -0.25) is 9.59 Å². The fourth-order valence-corrected chi connectivity index (χ4v) is 5.13. The third kappa shape index (κ3) is 7.13. The SMILES string of the molecule is CCOc1ccc(CN(CCc2c[nH]c3ccccc23)C(=O)CN(CCOC)C(=O)C2CCCC2)cc1. The molecule has 7 heteroatoms. The van der Waals surface area contributed by atoms with E-state index in [4.69, 9.17) is 9.47 Å². The number of H-pyrrole nitrogens is 1. The Balaban J connectivity index is 1.50. The lowest BCUT2D eigenvalue weighted by atomic mass is 10.1. The molecule has 2 amide bonds. The molecule has 1 fully saturated rings. The molecule has 1 aliphatic carbocycles. The van der Waals surface area contributed by atoms with Crippen LogP contribution >= 0.6 is 0 Å². The Labute approximate surface area is 219 Å². The van der Waals surface area contributed by atoms with Crippen molar-refractivity contribution < 1.29 is 19.1 Å². The molecule has 0 spiro atoms. The highest BCUT2D eigenvalue weighted by atomic mass is 16.5. The molecule has 0 radical (unpaired) electrons. The van der Waals surface area contributed by atoms with E-state index in [1.54, 1.807) is 12.0 Å². The predicted molar refractivity (Wildman–Crippen MR) is 145 cm³/mol. The van der Waals surface area contributed by atoms with Gasteiger partial charge in [-0.1, -0.05) is 43.2 Å². The van der Waals surface area contributed by atoms with Gasteiger partial charge in [-0.05, 0) is 55.5 Å². The van der Waals surface area contributed by atoms with Gasteiger partial charge in [-0.2, -0.15) is 0 Å². The second-order valence-corrected chi connectivity index (χ2v) is 9.74. The van der Waals surface area contributed by atoms with E-state index in [1.807, 2.05) is 54.4 Å². The maximum Gasteiger partial charge on any atom is 0.242 e. The number of hydrogen-bond donors (Lipinski definition) is 1. The van der Waals surface area contributed by atoms with Crippen molar-refractivity contribution in [1.29, 1.82) is 0 Å². The number of amides is 2. The number of methoxy groups -OCH3 is 1. The molecule has 1 saturated carbocycles. The average molecular weight is 506 g/mol. The van der Waals surface area contributed by atoms with Crippen molar-refractivity contribution in [3.63, 3.8) is 0 Å². The molecule has 7 nitrogen and oxygen atoms in total. The second kappa shape index (κ2) is 13.3. The van der Waals surface area contributed by atoms with Crippen molar-refractivity contribution >= 4 is 22.7 Å². The molecule has 1 aromatic heterocycles. The number of benzene rings is 2. The summed E-state index contributed by atoms with van der Waals surface area (Å²) in [6.45, 7) is 4.52. The first kappa shape index (κ1) is 26.7. The number of aromatic amines is 1. The van der Waals surface area contributed by atoms with Crippen molar-refractivity contribution in [1.82, 2.24) is 14.8 Å². The summed E-state index contributed by atoms with van der Waals surface area (Å²) in [6.07, 6.45) is 6.73. The first-order valence-electron chi connectivity index (χ1n) is 13.4. The predicted octanol–water partition coefficient (Wildman–Crippen LogP) is 4.80. The molecule has 2 aromatic carbocycles. The molecular formula is C30H39N3O4. The summed E-state index contributed by atoms with van der Waals surface area (Å²) in [4.78, 5) is 33.8. The van der Waals surface area contributed by atoms with E-state index in [1.165, 1.54) is 10.9 Å². The molecule has 0 atom stereocenters. The summed E-state index contributed by atoms with van der Waals surface area (Å²) in [5.74, 6) is 0.878. The zero-order valence-corrected chi connectivity index (χ0v) is 22.1. The van der Waals surface area contributed by atoms with Crippen molar-refractivity contribution in [3.8, 4) is 5.75 Å². The highest BCUT2D eigenvalue weighted by molar-refractivity contribution is 5.86. The van der Waals surface area contributed by atoms with E-state index in [0.29, 0.717) is 32.8 Å². The first-order chi connectivity index (χ1) is 18.1. The monoisotopic (exact) mass is 505 g/mol. The molecule has 3 aromatic rings. The first-order valence-corrected chi connectivity index (χ1v) is 13.4. The molecule has 1 aliphatic rings. The summed E-state index contributed by atoms with van der Waals surface area (Å²) >= 11 is 0. The number of ether oxygens (including phenoxy) is 2. The third-order valence-electron chi connectivity index (χ3n) is 7.19. The standard InChI is InChI=1S/C30H39N3O4/c1-3-37-26-14-12-23(13-15-26)21-32(17-16-25-20-31-28-11-7-6-10-27(25)28)29(34)22-33(18-19-36-2)30(35)24-8-4-5-9-24/h6-7,10-15,20,24,31H,3-5,8-9,16-19,21-22H2,1-2H3. The minimum atomic E-state index is -0.0452. The number of fused-ring (bicyclic) bond motifs is 1. The van der Waals surface area contributed by atoms with Crippen LogP contribution < -0.4 is 4.74 Å². The largest absolute Gasteiger partial charge is 0.494 e. The number of nitrogens with zero attached hydrogens (tertiary/aromatic N) is 2. The lowest BCUT2D eigenvalue weighted by Crippen LogP contribution is -2.46. The summed E-state index contributed by atoms with van der Waals surface area (Å²) in [6, 6.07) is 16.1. The van der Waals surface area contributed by atoms with Crippen molar-refractivity contribution in [2.45, 2.75) is 45.6 Å². The maximum atomic E-state index is 13.7. The van der Waals surface area contributed by atoms with Gasteiger partial charge in [0.2, 0.25) is 11.8 Å². The van der Waals surface area contributed by atoms with Crippen LogP contribution in [0.1, 0.15) is 43.7 Å². The topological polar surface area (TPSA) is 74.9 Å². The normalized spacial score (nSPS) is 13.7. The molecular weight excluding hydrogens is 466 g/mol. The molecule has 1 N–H and O–H groups in total. The molecule has 0 unspecified atom stereocenters. The number of nitrogens with one attached hydrogen (secondary N) is 1. The van der Waals surface area contributed by atoms with E-state index in [-0.39, 0.29) is 24.3 Å². The molecule has 0 aliphatic heterocycles. The Hall–Kier alpha value is -3.32. The molecule has 0 saturated heterocycles. The van der Waals surface area contributed by atoms with E-state index < -0.39 is 0 Å². The zero-order valence-electron chi connectivity index (χ0n) is 22.1. The van der Waals surface area contributed by atoms with Crippen LogP contribution in [-0.2, 0) is 27.3 Å². The van der Waals surface area contributed by atoms with Gasteiger partial charge in [-0.25, -0.2) is 0 Å². The van der Waals surface area contributed by atoms with Crippen LogP contribution in [-0.4, -0.2) is 66.6 Å². The van der Waals surface area contributed by atoms with Crippen LogP contribution in [0, 0.1) is 5.92 Å². The Kier molecular flexibility index (Phi) is 9.60. The number of carbonyl (C=O) groups excluding carboxylic acids is 2. The van der Waals surface area contributed by atoms with E-state index in [9.17, 15) is 9.59 Å². The molecule has 4 rings (SSSR count). The number of carbonyl (C=O) groups is 2. The van der Waals surface area contributed by atoms with Crippen LogP contribution in [0.5, 0.6) is 5.75 Å². The molecule has 37 heavy (non-hydrogen) atoms. The Bertz CT molecular complexity index is 1150. The van der Waals surface area contributed by atoms with Crippen LogP contribution in [0.3, 0.4) is 0 Å². The fourth-order valence-electron chi connectivity index (χ4n) is 5.13. The highest BCUT2D eigenvalue weighted by Gasteiger charge is 2.29. The summed E-state index contributed by atoms with van der Waals surface area (Å²) in [5, 5.41) is 1.18. The number of para-hydroxylation sites is 1. The molecule has 198 valence electrons. The van der Waals surface area contributed by atoms with Gasteiger partial charge in [0.1, 0.15) is 5.75 Å². The van der Waals surface area contributed by atoms with Crippen LogP contribution in [0.2, 0.25) is 0 Å². The maximum absolute atomic E-state index is 13.7. The van der Waals surface area contributed by atoms with Crippen LogP contribution in [0.4, 0.5) is 0 Å². The lowest BCUT2D eigenvalue weighted by Gasteiger charge is -2.29. The van der Waals surface area contributed by atoms with E-state index in [0.717, 1.165) is 48.9 Å². The quantitative estimate of drug-likeness (QED) is 0.362. The fraction of sp³-hybridized carbons (Fsp3) is 0.467. The molecule has 0 bridgehead atoms. The smallest absolute Gasteiger partial charge is 0.242 e. The van der Waals surface area contributed by atoms with Gasteiger partial charge in [0.25, 0.3) is 0 Å². The lowest BCUT2D eigenvalue weighted by molar-refractivity contribution is -0.143. The van der Waals surface area contributed by atoms with Crippen LogP contribution in [0.25, 0.3) is 10.9 Å². The van der Waals surface area contributed by atoms with Crippen molar-refractivity contribution in [2.75, 3.05) is 40.0 Å².